The standard InChI is InChI=1S/C10H14F2O/c1-2-10(11,12)4-3-9-5-8(9)6-13-7-9/h3-4,8H,2,5-7H2,1H3/b4-3+. The van der Waals surface area contributed by atoms with Gasteiger partial charge in [-0.1, -0.05) is 13.0 Å². The average Bonchev–Trinajstić information content (AvgIpc) is 2.67. The summed E-state index contributed by atoms with van der Waals surface area (Å²) in [6, 6.07) is 0. The van der Waals surface area contributed by atoms with Gasteiger partial charge in [0.05, 0.1) is 13.2 Å². The summed E-state index contributed by atoms with van der Waals surface area (Å²) in [5.41, 5.74) is -0.0153. The summed E-state index contributed by atoms with van der Waals surface area (Å²) in [5.74, 6) is -2.12. The summed E-state index contributed by atoms with van der Waals surface area (Å²) in [6.45, 7) is 2.88. The zero-order chi connectivity index (χ0) is 9.53. The molecule has 1 saturated carbocycles. The fraction of sp³-hybridized carbons (Fsp3) is 0.800. The van der Waals surface area contributed by atoms with Gasteiger partial charge in [-0.05, 0) is 18.4 Å². The third-order valence-electron chi connectivity index (χ3n) is 3.10. The Labute approximate surface area is 76.8 Å². The number of hydrogen-bond donors (Lipinski definition) is 0. The van der Waals surface area contributed by atoms with E-state index in [4.69, 9.17) is 4.74 Å². The first kappa shape index (κ1) is 9.13. The van der Waals surface area contributed by atoms with E-state index < -0.39 is 5.92 Å². The Kier molecular flexibility index (Phi) is 1.95. The molecule has 1 aliphatic heterocycles. The molecule has 0 aromatic heterocycles. The van der Waals surface area contributed by atoms with E-state index in [-0.39, 0.29) is 11.8 Å². The van der Waals surface area contributed by atoms with Gasteiger partial charge in [0.15, 0.2) is 0 Å². The summed E-state index contributed by atoms with van der Waals surface area (Å²) >= 11 is 0. The molecule has 1 aliphatic carbocycles. The highest BCUT2D eigenvalue weighted by molar-refractivity contribution is 5.19. The lowest BCUT2D eigenvalue weighted by molar-refractivity contribution is 0.0501. The lowest BCUT2D eigenvalue weighted by Crippen LogP contribution is -2.11. The van der Waals surface area contributed by atoms with Crippen molar-refractivity contribution < 1.29 is 13.5 Å². The monoisotopic (exact) mass is 188 g/mol. The summed E-state index contributed by atoms with van der Waals surface area (Å²) in [5, 5.41) is 0. The SMILES string of the molecule is CCC(F)(F)/C=C/C12COCC1C2. The van der Waals surface area contributed by atoms with Crippen molar-refractivity contribution in [2.24, 2.45) is 11.3 Å². The number of ether oxygens (including phenoxy) is 1. The minimum Gasteiger partial charge on any atom is -0.380 e. The highest BCUT2D eigenvalue weighted by Gasteiger charge is 2.56. The van der Waals surface area contributed by atoms with Crippen LogP contribution >= 0.6 is 0 Å². The van der Waals surface area contributed by atoms with Gasteiger partial charge in [-0.15, -0.1) is 0 Å². The summed E-state index contributed by atoms with van der Waals surface area (Å²) in [7, 11) is 0. The van der Waals surface area contributed by atoms with Crippen molar-refractivity contribution in [2.45, 2.75) is 25.7 Å². The smallest absolute Gasteiger partial charge is 0.266 e. The lowest BCUT2D eigenvalue weighted by Gasteiger charge is -2.09. The Morgan fingerprint density at radius 3 is 2.85 bits per heavy atom. The summed E-state index contributed by atoms with van der Waals surface area (Å²) in [6.07, 6.45) is 3.64. The fourth-order valence-electron chi connectivity index (χ4n) is 1.85. The van der Waals surface area contributed by atoms with Crippen LogP contribution in [0.25, 0.3) is 0 Å². The number of rotatable bonds is 3. The van der Waals surface area contributed by atoms with Crippen molar-refractivity contribution in [1.82, 2.24) is 0 Å². The van der Waals surface area contributed by atoms with Gasteiger partial charge in [-0.3, -0.25) is 0 Å². The van der Waals surface area contributed by atoms with Gasteiger partial charge in [0.1, 0.15) is 0 Å². The normalized spacial score (nSPS) is 38.2. The van der Waals surface area contributed by atoms with Crippen LogP contribution in [-0.2, 0) is 4.74 Å². The molecule has 0 amide bonds. The first-order chi connectivity index (χ1) is 6.08. The second-order valence-electron chi connectivity index (χ2n) is 4.10. The third-order valence-corrected chi connectivity index (χ3v) is 3.10. The molecule has 2 unspecified atom stereocenters. The van der Waals surface area contributed by atoms with E-state index >= 15 is 0 Å². The molecular formula is C10H14F2O. The number of fused-ring (bicyclic) bond motifs is 1. The van der Waals surface area contributed by atoms with Crippen LogP contribution in [0.2, 0.25) is 0 Å². The van der Waals surface area contributed by atoms with Crippen molar-refractivity contribution in [3.63, 3.8) is 0 Å². The molecule has 2 rings (SSSR count). The van der Waals surface area contributed by atoms with Crippen LogP contribution < -0.4 is 0 Å². The van der Waals surface area contributed by atoms with Crippen molar-refractivity contribution in [1.29, 1.82) is 0 Å². The van der Waals surface area contributed by atoms with Crippen LogP contribution in [0.4, 0.5) is 8.78 Å². The molecule has 1 nitrogen and oxygen atoms in total. The van der Waals surface area contributed by atoms with E-state index in [1.807, 2.05) is 0 Å². The Morgan fingerprint density at radius 1 is 1.62 bits per heavy atom. The molecule has 0 aromatic carbocycles. The van der Waals surface area contributed by atoms with Gasteiger partial charge in [-0.2, -0.15) is 0 Å². The molecule has 0 bridgehead atoms. The molecule has 0 aromatic rings. The maximum Gasteiger partial charge on any atom is 0.266 e. The maximum absolute atomic E-state index is 12.9. The van der Waals surface area contributed by atoms with Crippen LogP contribution in [0.15, 0.2) is 12.2 Å². The lowest BCUT2D eigenvalue weighted by atomic mass is 10.0. The van der Waals surface area contributed by atoms with Crippen LogP contribution in [0.3, 0.4) is 0 Å². The molecule has 0 N–H and O–H groups in total. The second-order valence-corrected chi connectivity index (χ2v) is 4.10. The van der Waals surface area contributed by atoms with Gasteiger partial charge in [-0.25, -0.2) is 8.78 Å². The van der Waals surface area contributed by atoms with Crippen LogP contribution in [0, 0.1) is 11.3 Å². The van der Waals surface area contributed by atoms with Gasteiger partial charge in [0, 0.05) is 11.8 Å². The topological polar surface area (TPSA) is 9.23 Å². The van der Waals surface area contributed by atoms with Gasteiger partial charge in [0.2, 0.25) is 0 Å². The van der Waals surface area contributed by atoms with Crippen molar-refractivity contribution in [3.8, 4) is 0 Å². The van der Waals surface area contributed by atoms with Crippen LogP contribution in [0.1, 0.15) is 19.8 Å². The highest BCUT2D eigenvalue weighted by Crippen LogP contribution is 2.58. The zero-order valence-corrected chi connectivity index (χ0v) is 7.72. The minimum absolute atomic E-state index is 0.0153. The quantitative estimate of drug-likeness (QED) is 0.618. The predicted molar refractivity (Wildman–Crippen MR) is 45.7 cm³/mol. The molecule has 13 heavy (non-hydrogen) atoms. The van der Waals surface area contributed by atoms with E-state index in [0.717, 1.165) is 19.1 Å². The van der Waals surface area contributed by atoms with E-state index in [9.17, 15) is 8.78 Å². The van der Waals surface area contributed by atoms with E-state index in [2.05, 4.69) is 0 Å². The summed E-state index contributed by atoms with van der Waals surface area (Å²) in [4.78, 5) is 0. The van der Waals surface area contributed by atoms with Gasteiger partial charge in [0.25, 0.3) is 5.92 Å². The molecule has 3 heteroatoms. The minimum atomic E-state index is -2.63. The second kappa shape index (κ2) is 2.77. The fourth-order valence-corrected chi connectivity index (χ4v) is 1.85. The number of halogens is 2. The Bertz CT molecular complexity index is 237. The molecule has 0 spiro atoms. The first-order valence-corrected chi connectivity index (χ1v) is 4.74. The van der Waals surface area contributed by atoms with Crippen molar-refractivity contribution in [3.05, 3.63) is 12.2 Å². The predicted octanol–water partition coefficient (Wildman–Crippen LogP) is 2.62. The molecule has 1 saturated heterocycles. The molecule has 0 radical (unpaired) electrons. The maximum atomic E-state index is 12.9. The molecule has 2 fully saturated rings. The molecule has 74 valence electrons. The average molecular weight is 188 g/mol. The van der Waals surface area contributed by atoms with E-state index in [1.54, 1.807) is 6.08 Å². The third kappa shape index (κ3) is 1.62. The van der Waals surface area contributed by atoms with Crippen molar-refractivity contribution >= 4 is 0 Å². The largest absolute Gasteiger partial charge is 0.380 e. The summed E-state index contributed by atoms with van der Waals surface area (Å²) < 4.78 is 30.9. The number of hydrogen-bond acceptors (Lipinski definition) is 1. The van der Waals surface area contributed by atoms with Gasteiger partial charge < -0.3 is 4.74 Å². The van der Waals surface area contributed by atoms with Crippen LogP contribution in [0.5, 0.6) is 0 Å². The molecule has 1 heterocycles. The number of allylic oxidation sites excluding steroid dienone is 1. The Balaban J connectivity index is 1.98. The Morgan fingerprint density at radius 2 is 2.38 bits per heavy atom. The van der Waals surface area contributed by atoms with E-state index in [1.165, 1.54) is 6.92 Å². The van der Waals surface area contributed by atoms with Gasteiger partial charge >= 0.3 is 0 Å². The Hall–Kier alpha value is -0.440. The molecule has 2 aliphatic rings. The van der Waals surface area contributed by atoms with Crippen LogP contribution in [-0.4, -0.2) is 19.1 Å². The number of alkyl halides is 2. The highest BCUT2D eigenvalue weighted by atomic mass is 19.3. The van der Waals surface area contributed by atoms with E-state index in [0.29, 0.717) is 12.5 Å². The molecule has 2 atom stereocenters. The van der Waals surface area contributed by atoms with Crippen molar-refractivity contribution in [2.75, 3.05) is 13.2 Å². The first-order valence-electron chi connectivity index (χ1n) is 4.74. The molecular weight excluding hydrogens is 174 g/mol. The zero-order valence-electron chi connectivity index (χ0n) is 7.72.